The van der Waals surface area contributed by atoms with Gasteiger partial charge in [0.05, 0.1) is 0 Å². The van der Waals surface area contributed by atoms with Crippen molar-refractivity contribution in [2.24, 2.45) is 0 Å². The fraction of sp³-hybridized carbons (Fsp3) is 0.846. The molecule has 0 aliphatic carbocycles. The highest BCUT2D eigenvalue weighted by Gasteiger charge is 2.03. The van der Waals surface area contributed by atoms with Gasteiger partial charge in [-0.2, -0.15) is 0 Å². The molecule has 0 N–H and O–H groups in total. The van der Waals surface area contributed by atoms with Crippen LogP contribution < -0.4 is 0 Å². The third-order valence-corrected chi connectivity index (χ3v) is 5.54. The molecule has 0 aliphatic rings. The molecule has 0 bridgehead atoms. The van der Waals surface area contributed by atoms with Gasteiger partial charge in [0.2, 0.25) is 0 Å². The number of unbranched alkanes of at least 4 members (excludes halogenated alkanes) is 12. The van der Waals surface area contributed by atoms with Gasteiger partial charge in [-0.25, -0.2) is 0 Å². The Morgan fingerprint density at radius 3 is 1.25 bits per heavy atom. The number of alkyl halides is 1. The van der Waals surface area contributed by atoms with Gasteiger partial charge in [0.25, 0.3) is 0 Å². The molecule has 0 radical (unpaired) electrons. The summed E-state index contributed by atoms with van der Waals surface area (Å²) >= 11 is 6.00. The predicted octanol–water partition coefficient (Wildman–Crippen LogP) is 8.92. The van der Waals surface area contributed by atoms with Crippen molar-refractivity contribution >= 4 is 11.6 Å². The molecule has 0 saturated carbocycles. The second kappa shape index (κ2) is 24.8. The number of nitrogens with zero attached hydrogens (tertiary/aromatic N) is 1. The van der Waals surface area contributed by atoms with E-state index in [9.17, 15) is 0 Å². The zero-order chi connectivity index (χ0) is 20.5. The molecule has 0 saturated heterocycles. The molecule has 28 heavy (non-hydrogen) atoms. The molecule has 0 aromatic carbocycles. The highest BCUT2D eigenvalue weighted by Crippen LogP contribution is 2.08. The van der Waals surface area contributed by atoms with Gasteiger partial charge in [-0.1, -0.05) is 76.7 Å². The van der Waals surface area contributed by atoms with E-state index in [1.807, 2.05) is 0 Å². The molecule has 0 unspecified atom stereocenters. The lowest BCUT2D eigenvalue weighted by molar-refractivity contribution is 0.276. The van der Waals surface area contributed by atoms with Crippen LogP contribution in [0.25, 0.3) is 0 Å². The summed E-state index contributed by atoms with van der Waals surface area (Å²) in [6.45, 7) is 8.04. The predicted molar refractivity (Wildman–Crippen MR) is 131 cm³/mol. The van der Waals surface area contributed by atoms with E-state index in [0.29, 0.717) is 0 Å². The summed E-state index contributed by atoms with van der Waals surface area (Å²) in [6, 6.07) is 0. The van der Waals surface area contributed by atoms with E-state index in [4.69, 9.17) is 11.6 Å². The standard InChI is InChI=1S/C26H50ClN/c1-3-5-7-9-11-13-15-17-19-21-24-28(26-23-27)25-22-20-18-16-14-12-10-8-6-4-2/h11-14H,3-10,15-26H2,1-2H3/b13-11-,14-12-. The van der Waals surface area contributed by atoms with Crippen molar-refractivity contribution in [1.29, 1.82) is 0 Å². The molecule has 2 heteroatoms. The smallest absolute Gasteiger partial charge is 0.0351 e. The Labute approximate surface area is 183 Å². The zero-order valence-electron chi connectivity index (χ0n) is 19.3. The molecule has 0 aliphatic heterocycles. The Kier molecular flexibility index (Phi) is 24.5. The molecule has 0 aromatic rings. The van der Waals surface area contributed by atoms with E-state index >= 15 is 0 Å². The second-order valence-electron chi connectivity index (χ2n) is 8.16. The lowest BCUT2D eigenvalue weighted by Crippen LogP contribution is -2.28. The average Bonchev–Trinajstić information content (AvgIpc) is 2.70. The van der Waals surface area contributed by atoms with Crippen LogP contribution in [0.3, 0.4) is 0 Å². The molecule has 0 spiro atoms. The first kappa shape index (κ1) is 27.7. The van der Waals surface area contributed by atoms with Gasteiger partial charge < -0.3 is 4.90 Å². The maximum Gasteiger partial charge on any atom is 0.0351 e. The van der Waals surface area contributed by atoms with Crippen molar-refractivity contribution in [2.45, 2.75) is 117 Å². The molecule has 166 valence electrons. The third-order valence-electron chi connectivity index (χ3n) is 5.37. The van der Waals surface area contributed by atoms with E-state index in [1.54, 1.807) is 0 Å². The van der Waals surface area contributed by atoms with Gasteiger partial charge in [0.1, 0.15) is 0 Å². The SMILES string of the molecule is CCCCC/C=C\CCCCCN(CCCl)CCCCC/C=C\CCCCC. The topological polar surface area (TPSA) is 3.24 Å². The first-order valence-electron chi connectivity index (χ1n) is 12.4. The third kappa shape index (κ3) is 22.0. The van der Waals surface area contributed by atoms with Crippen LogP contribution in [0, 0.1) is 0 Å². The number of allylic oxidation sites excluding steroid dienone is 4. The number of rotatable bonds is 22. The van der Waals surface area contributed by atoms with Crippen LogP contribution in [-0.4, -0.2) is 30.4 Å². The Morgan fingerprint density at radius 1 is 0.500 bits per heavy atom. The van der Waals surface area contributed by atoms with Crippen LogP contribution in [0.2, 0.25) is 0 Å². The van der Waals surface area contributed by atoms with E-state index < -0.39 is 0 Å². The summed E-state index contributed by atoms with van der Waals surface area (Å²) in [4.78, 5) is 2.58. The molecule has 1 nitrogen and oxygen atoms in total. The number of hydrogen-bond donors (Lipinski definition) is 0. The van der Waals surface area contributed by atoms with Crippen LogP contribution in [-0.2, 0) is 0 Å². The minimum absolute atomic E-state index is 0.765. The van der Waals surface area contributed by atoms with Crippen molar-refractivity contribution < 1.29 is 0 Å². The van der Waals surface area contributed by atoms with Gasteiger partial charge in [-0.15, -0.1) is 11.6 Å². The van der Waals surface area contributed by atoms with Crippen molar-refractivity contribution in [3.63, 3.8) is 0 Å². The summed E-state index contributed by atoms with van der Waals surface area (Å²) < 4.78 is 0. The first-order valence-corrected chi connectivity index (χ1v) is 13.0. The number of hydrogen-bond acceptors (Lipinski definition) is 1. The van der Waals surface area contributed by atoms with Gasteiger partial charge in [0, 0.05) is 12.4 Å². The van der Waals surface area contributed by atoms with E-state index in [1.165, 1.54) is 116 Å². The summed E-state index contributed by atoms with van der Waals surface area (Å²) in [5.74, 6) is 0.765. The van der Waals surface area contributed by atoms with Crippen LogP contribution in [0.15, 0.2) is 24.3 Å². The van der Waals surface area contributed by atoms with Crippen LogP contribution in [0.1, 0.15) is 117 Å². The molecule has 0 heterocycles. The lowest BCUT2D eigenvalue weighted by atomic mass is 10.1. The molecule has 0 atom stereocenters. The maximum absolute atomic E-state index is 6.00. The Bertz CT molecular complexity index is 307. The van der Waals surface area contributed by atoms with Gasteiger partial charge in [-0.05, 0) is 77.3 Å². The van der Waals surface area contributed by atoms with Crippen LogP contribution in [0.5, 0.6) is 0 Å². The molecular weight excluding hydrogens is 362 g/mol. The van der Waals surface area contributed by atoms with E-state index in [0.717, 1.165) is 12.4 Å². The molecule has 0 aromatic heterocycles. The van der Waals surface area contributed by atoms with E-state index in [-0.39, 0.29) is 0 Å². The Hall–Kier alpha value is -0.270. The monoisotopic (exact) mass is 411 g/mol. The largest absolute Gasteiger partial charge is 0.302 e. The molecule has 0 rings (SSSR count). The van der Waals surface area contributed by atoms with Crippen LogP contribution >= 0.6 is 11.6 Å². The van der Waals surface area contributed by atoms with Gasteiger partial charge in [0.15, 0.2) is 0 Å². The molecule has 0 fully saturated rings. The quantitative estimate of drug-likeness (QED) is 0.0975. The Morgan fingerprint density at radius 2 is 0.893 bits per heavy atom. The number of halogens is 1. The minimum Gasteiger partial charge on any atom is -0.302 e. The zero-order valence-corrected chi connectivity index (χ0v) is 20.0. The second-order valence-corrected chi connectivity index (χ2v) is 8.54. The van der Waals surface area contributed by atoms with Crippen molar-refractivity contribution in [3.05, 3.63) is 24.3 Å². The van der Waals surface area contributed by atoms with Crippen molar-refractivity contribution in [1.82, 2.24) is 4.90 Å². The van der Waals surface area contributed by atoms with Gasteiger partial charge in [-0.3, -0.25) is 0 Å². The maximum atomic E-state index is 6.00. The normalized spacial score (nSPS) is 12.1. The summed E-state index contributed by atoms with van der Waals surface area (Å²) in [5.41, 5.74) is 0. The highest BCUT2D eigenvalue weighted by molar-refractivity contribution is 6.18. The lowest BCUT2D eigenvalue weighted by Gasteiger charge is -2.21. The fourth-order valence-corrected chi connectivity index (χ4v) is 3.74. The first-order chi connectivity index (χ1) is 13.8. The van der Waals surface area contributed by atoms with Crippen molar-refractivity contribution in [3.8, 4) is 0 Å². The molecule has 0 amide bonds. The van der Waals surface area contributed by atoms with Crippen molar-refractivity contribution in [2.75, 3.05) is 25.5 Å². The summed E-state index contributed by atoms with van der Waals surface area (Å²) in [6.07, 6.45) is 30.7. The van der Waals surface area contributed by atoms with Gasteiger partial charge >= 0.3 is 0 Å². The fourth-order valence-electron chi connectivity index (χ4n) is 3.50. The summed E-state index contributed by atoms with van der Waals surface area (Å²) in [5, 5.41) is 0. The van der Waals surface area contributed by atoms with Crippen LogP contribution in [0.4, 0.5) is 0 Å². The minimum atomic E-state index is 0.765. The highest BCUT2D eigenvalue weighted by atomic mass is 35.5. The summed E-state index contributed by atoms with van der Waals surface area (Å²) in [7, 11) is 0. The average molecular weight is 412 g/mol. The molecular formula is C26H50ClN. The van der Waals surface area contributed by atoms with E-state index in [2.05, 4.69) is 43.1 Å². The Balaban J connectivity index is 3.54.